The Balaban J connectivity index is 3.52. The number of aliphatic hydroxyl groups excluding tert-OH is 1. The Bertz CT molecular complexity index is 200. The Kier molecular flexibility index (Phi) is 11.6. The molecule has 0 amide bonds. The van der Waals surface area contributed by atoms with Crippen LogP contribution in [0.25, 0.3) is 0 Å². The van der Waals surface area contributed by atoms with Gasteiger partial charge in [-0.05, 0) is 26.2 Å². The number of methoxy groups -OCH3 is 1. The van der Waals surface area contributed by atoms with Gasteiger partial charge in [-0.2, -0.15) is 0 Å². The quantitative estimate of drug-likeness (QED) is 0.573. The maximum absolute atomic E-state index is 9.80. The average Bonchev–Trinajstić information content (AvgIpc) is 2.33. The fraction of sp³-hybridized carbons (Fsp3) is 1.00. The Morgan fingerprint density at radius 1 is 1.05 bits per heavy atom. The van der Waals surface area contributed by atoms with E-state index in [9.17, 15) is 5.11 Å². The third kappa shape index (κ3) is 12.6. The molecular formula is C15H33NO3. The summed E-state index contributed by atoms with van der Waals surface area (Å²) in [4.78, 5) is 0. The smallest absolute Gasteiger partial charge is 0.0897 e. The summed E-state index contributed by atoms with van der Waals surface area (Å²) in [6.07, 6.45) is 3.25. The molecule has 0 rings (SSSR count). The van der Waals surface area contributed by atoms with Gasteiger partial charge in [0.05, 0.1) is 25.4 Å². The van der Waals surface area contributed by atoms with Crippen molar-refractivity contribution in [1.29, 1.82) is 0 Å². The lowest BCUT2D eigenvalue weighted by atomic mass is 10.0. The molecule has 2 N–H and O–H groups in total. The highest BCUT2D eigenvalue weighted by Crippen LogP contribution is 2.08. The zero-order valence-corrected chi connectivity index (χ0v) is 13.3. The molecule has 4 nitrogen and oxygen atoms in total. The van der Waals surface area contributed by atoms with E-state index in [1.54, 1.807) is 7.11 Å². The van der Waals surface area contributed by atoms with Crippen molar-refractivity contribution in [3.8, 4) is 0 Å². The number of hydrogen-bond donors (Lipinski definition) is 2. The molecule has 0 fully saturated rings. The number of hydrogen-bond acceptors (Lipinski definition) is 4. The predicted molar refractivity (Wildman–Crippen MR) is 79.5 cm³/mol. The van der Waals surface area contributed by atoms with Crippen LogP contribution in [0.3, 0.4) is 0 Å². The molecule has 0 aliphatic carbocycles. The Morgan fingerprint density at radius 2 is 1.74 bits per heavy atom. The third-order valence-corrected chi connectivity index (χ3v) is 3.10. The lowest BCUT2D eigenvalue weighted by Crippen LogP contribution is -2.36. The van der Waals surface area contributed by atoms with Gasteiger partial charge in [-0.3, -0.25) is 0 Å². The molecule has 0 heterocycles. The van der Waals surface area contributed by atoms with Crippen LogP contribution in [0.15, 0.2) is 0 Å². The first-order valence-corrected chi connectivity index (χ1v) is 7.47. The highest BCUT2D eigenvalue weighted by Gasteiger charge is 2.09. The number of aliphatic hydroxyl groups is 1. The van der Waals surface area contributed by atoms with Crippen LogP contribution in [-0.4, -0.2) is 50.2 Å². The summed E-state index contributed by atoms with van der Waals surface area (Å²) in [6.45, 7) is 10.1. The molecule has 3 unspecified atom stereocenters. The third-order valence-electron chi connectivity index (χ3n) is 3.10. The largest absolute Gasteiger partial charge is 0.389 e. The van der Waals surface area contributed by atoms with E-state index < -0.39 is 6.10 Å². The van der Waals surface area contributed by atoms with Crippen LogP contribution in [-0.2, 0) is 9.47 Å². The van der Waals surface area contributed by atoms with Crippen LogP contribution in [0.5, 0.6) is 0 Å². The van der Waals surface area contributed by atoms with Gasteiger partial charge in [0.15, 0.2) is 0 Å². The molecule has 19 heavy (non-hydrogen) atoms. The predicted octanol–water partition coefficient (Wildman–Crippen LogP) is 2.20. The molecule has 0 bridgehead atoms. The van der Waals surface area contributed by atoms with Crippen LogP contribution >= 0.6 is 0 Å². The molecule has 0 aromatic carbocycles. The van der Waals surface area contributed by atoms with Gasteiger partial charge < -0.3 is 19.9 Å². The van der Waals surface area contributed by atoms with Crippen molar-refractivity contribution in [1.82, 2.24) is 5.32 Å². The average molecular weight is 275 g/mol. The Hall–Kier alpha value is -0.160. The van der Waals surface area contributed by atoms with Gasteiger partial charge in [0.25, 0.3) is 0 Å². The lowest BCUT2D eigenvalue weighted by Gasteiger charge is -2.19. The maximum atomic E-state index is 9.80. The van der Waals surface area contributed by atoms with E-state index in [4.69, 9.17) is 9.47 Å². The van der Waals surface area contributed by atoms with E-state index >= 15 is 0 Å². The Morgan fingerprint density at radius 3 is 2.32 bits per heavy atom. The molecule has 3 atom stereocenters. The minimum absolute atomic E-state index is 0.0307. The molecule has 0 spiro atoms. The van der Waals surface area contributed by atoms with Gasteiger partial charge in [-0.1, -0.05) is 26.7 Å². The molecule has 0 saturated heterocycles. The van der Waals surface area contributed by atoms with Crippen LogP contribution in [0.2, 0.25) is 0 Å². The fourth-order valence-electron chi connectivity index (χ4n) is 1.89. The topological polar surface area (TPSA) is 50.7 Å². The van der Waals surface area contributed by atoms with Gasteiger partial charge in [0.1, 0.15) is 0 Å². The van der Waals surface area contributed by atoms with Gasteiger partial charge >= 0.3 is 0 Å². The van der Waals surface area contributed by atoms with Gasteiger partial charge in [-0.15, -0.1) is 0 Å². The summed E-state index contributed by atoms with van der Waals surface area (Å²) in [6, 6.07) is 0.449. The summed E-state index contributed by atoms with van der Waals surface area (Å²) < 4.78 is 10.4. The van der Waals surface area contributed by atoms with Crippen molar-refractivity contribution in [2.24, 2.45) is 5.92 Å². The SMILES string of the molecule is COCC(C)OCC(O)CNC(C)CCCC(C)C. The van der Waals surface area contributed by atoms with Crippen LogP contribution in [0.4, 0.5) is 0 Å². The normalized spacial score (nSPS) is 16.6. The van der Waals surface area contributed by atoms with Crippen molar-refractivity contribution in [2.75, 3.05) is 26.9 Å². The molecule has 0 aliphatic rings. The zero-order valence-electron chi connectivity index (χ0n) is 13.3. The van der Waals surface area contributed by atoms with Crippen molar-refractivity contribution < 1.29 is 14.6 Å². The number of rotatable bonds is 12. The molecular weight excluding hydrogens is 242 g/mol. The van der Waals surface area contributed by atoms with Gasteiger partial charge in [0.2, 0.25) is 0 Å². The molecule has 0 aromatic heterocycles. The van der Waals surface area contributed by atoms with E-state index in [-0.39, 0.29) is 6.10 Å². The summed E-state index contributed by atoms with van der Waals surface area (Å²) in [5.41, 5.74) is 0. The van der Waals surface area contributed by atoms with Crippen LogP contribution in [0, 0.1) is 5.92 Å². The number of nitrogens with one attached hydrogen (secondary N) is 1. The molecule has 116 valence electrons. The van der Waals surface area contributed by atoms with E-state index in [1.165, 1.54) is 12.8 Å². The highest BCUT2D eigenvalue weighted by atomic mass is 16.5. The maximum Gasteiger partial charge on any atom is 0.0897 e. The second-order valence-electron chi connectivity index (χ2n) is 5.89. The second kappa shape index (κ2) is 11.6. The van der Waals surface area contributed by atoms with Crippen molar-refractivity contribution in [2.45, 2.75) is 65.2 Å². The first kappa shape index (κ1) is 18.8. The zero-order chi connectivity index (χ0) is 14.7. The second-order valence-corrected chi connectivity index (χ2v) is 5.89. The highest BCUT2D eigenvalue weighted by molar-refractivity contribution is 4.66. The van der Waals surface area contributed by atoms with E-state index in [0.29, 0.717) is 25.8 Å². The van der Waals surface area contributed by atoms with E-state index in [1.807, 2.05) is 6.92 Å². The summed E-state index contributed by atoms with van der Waals surface area (Å²) >= 11 is 0. The monoisotopic (exact) mass is 275 g/mol. The van der Waals surface area contributed by atoms with Crippen molar-refractivity contribution >= 4 is 0 Å². The first-order valence-electron chi connectivity index (χ1n) is 7.47. The Labute approximate surface area is 118 Å². The van der Waals surface area contributed by atoms with Crippen LogP contribution in [0.1, 0.15) is 47.0 Å². The summed E-state index contributed by atoms with van der Waals surface area (Å²) in [5, 5.41) is 13.2. The molecule has 0 saturated carbocycles. The molecule has 0 aromatic rings. The minimum Gasteiger partial charge on any atom is -0.389 e. The van der Waals surface area contributed by atoms with E-state index in [0.717, 1.165) is 12.3 Å². The van der Waals surface area contributed by atoms with Gasteiger partial charge in [-0.25, -0.2) is 0 Å². The molecule has 0 aliphatic heterocycles. The standard InChI is InChI=1S/C15H33NO3/c1-12(2)7-6-8-13(3)16-9-15(17)11-19-14(4)10-18-5/h12-17H,6-11H2,1-5H3. The summed E-state index contributed by atoms with van der Waals surface area (Å²) in [5.74, 6) is 0.772. The van der Waals surface area contributed by atoms with Crippen molar-refractivity contribution in [3.05, 3.63) is 0 Å². The lowest BCUT2D eigenvalue weighted by molar-refractivity contribution is -0.0315. The summed E-state index contributed by atoms with van der Waals surface area (Å²) in [7, 11) is 1.65. The first-order chi connectivity index (χ1) is 8.95. The van der Waals surface area contributed by atoms with Gasteiger partial charge in [0, 0.05) is 19.7 Å². The van der Waals surface area contributed by atoms with E-state index in [2.05, 4.69) is 26.1 Å². The molecule has 4 heteroatoms. The molecule has 0 radical (unpaired) electrons. The fourth-order valence-corrected chi connectivity index (χ4v) is 1.89. The number of ether oxygens (including phenoxy) is 2. The minimum atomic E-state index is -0.452. The van der Waals surface area contributed by atoms with Crippen molar-refractivity contribution in [3.63, 3.8) is 0 Å². The van der Waals surface area contributed by atoms with Crippen LogP contribution < -0.4 is 5.32 Å².